The molecule has 3 heterocycles. The SMILES string of the molecule is CC[C@@H](c1ccccc1)n1c(=O)n2n(c1=O)[C@H]1[C@H](O)[C@@H]3O[C@@H]3/C(=N\OCC(C)C)[C@H]1CC2. The van der Waals surface area contributed by atoms with Crippen LogP contribution in [0.2, 0.25) is 0 Å². The van der Waals surface area contributed by atoms with Gasteiger partial charge in [0.2, 0.25) is 0 Å². The van der Waals surface area contributed by atoms with E-state index in [1.54, 1.807) is 0 Å². The molecule has 0 radical (unpaired) electrons. The van der Waals surface area contributed by atoms with Crippen molar-refractivity contribution in [2.45, 2.75) is 70.6 Å². The van der Waals surface area contributed by atoms with Gasteiger partial charge in [0, 0.05) is 12.5 Å². The predicted octanol–water partition coefficient (Wildman–Crippen LogP) is 1.54. The molecule has 172 valence electrons. The average Bonchev–Trinajstić information content (AvgIpc) is 3.55. The minimum Gasteiger partial charge on any atom is -0.395 e. The van der Waals surface area contributed by atoms with E-state index in [0.29, 0.717) is 31.9 Å². The van der Waals surface area contributed by atoms with Gasteiger partial charge in [0.1, 0.15) is 24.9 Å². The van der Waals surface area contributed by atoms with Gasteiger partial charge in [-0.3, -0.25) is 0 Å². The topological polar surface area (TPSA) is 103 Å². The fourth-order valence-electron chi connectivity index (χ4n) is 5.23. The molecule has 2 aliphatic heterocycles. The third kappa shape index (κ3) is 3.26. The maximum atomic E-state index is 13.6. The van der Waals surface area contributed by atoms with Gasteiger partial charge in [0.15, 0.2) is 0 Å². The smallest absolute Gasteiger partial charge is 0.348 e. The van der Waals surface area contributed by atoms with Gasteiger partial charge in [0.05, 0.1) is 17.8 Å². The minimum absolute atomic E-state index is 0.217. The Bertz CT molecular complexity index is 1130. The largest absolute Gasteiger partial charge is 0.395 e. The van der Waals surface area contributed by atoms with Crippen molar-refractivity contribution in [3.05, 3.63) is 56.9 Å². The summed E-state index contributed by atoms with van der Waals surface area (Å²) >= 11 is 0. The molecule has 3 aliphatic rings. The molecule has 1 saturated carbocycles. The normalized spacial score (nSPS) is 30.5. The molecule has 9 nitrogen and oxygen atoms in total. The molecular weight excluding hydrogens is 412 g/mol. The highest BCUT2D eigenvalue weighted by Crippen LogP contribution is 2.46. The lowest BCUT2D eigenvalue weighted by molar-refractivity contribution is 0.0318. The Kier molecular flexibility index (Phi) is 5.33. The standard InChI is InChI=1S/C23H30N4O5/c1-4-16(14-8-6-5-7-9-14)26-22(29)25-11-10-15-17(24-31-12-13(2)3)20-21(32-20)19(28)18(15)27(25)23(26)30/h5-9,13,15-16,18-21,28H,4,10-12H2,1-3H3/b24-17-/t15-,16+,18-,19+,20-,21+/m1/s1. The average molecular weight is 443 g/mol. The fraction of sp³-hybridized carbons (Fsp3) is 0.609. The Labute approximate surface area is 185 Å². The second-order valence-electron chi connectivity index (χ2n) is 9.34. The predicted molar refractivity (Wildman–Crippen MR) is 118 cm³/mol. The van der Waals surface area contributed by atoms with Gasteiger partial charge in [-0.1, -0.05) is 56.3 Å². The first-order valence-corrected chi connectivity index (χ1v) is 11.5. The molecule has 0 spiro atoms. The van der Waals surface area contributed by atoms with Crippen LogP contribution in [0.5, 0.6) is 0 Å². The molecule has 1 N–H and O–H groups in total. The molecule has 1 aromatic carbocycles. The molecule has 1 saturated heterocycles. The molecular formula is C23H30N4O5. The van der Waals surface area contributed by atoms with E-state index in [-0.39, 0.29) is 23.8 Å². The number of hydrogen-bond acceptors (Lipinski definition) is 6. The maximum absolute atomic E-state index is 13.6. The Morgan fingerprint density at radius 3 is 2.66 bits per heavy atom. The Balaban J connectivity index is 1.57. The summed E-state index contributed by atoms with van der Waals surface area (Å²) in [4.78, 5) is 32.5. The van der Waals surface area contributed by atoms with Gasteiger partial charge in [0.25, 0.3) is 0 Å². The molecule has 9 heteroatoms. The zero-order valence-electron chi connectivity index (χ0n) is 18.6. The van der Waals surface area contributed by atoms with Crippen molar-refractivity contribution in [3.8, 4) is 0 Å². The van der Waals surface area contributed by atoms with Gasteiger partial charge >= 0.3 is 11.4 Å². The lowest BCUT2D eigenvalue weighted by Crippen LogP contribution is -2.53. The van der Waals surface area contributed by atoms with Crippen LogP contribution >= 0.6 is 0 Å². The van der Waals surface area contributed by atoms with E-state index in [1.807, 2.05) is 51.1 Å². The van der Waals surface area contributed by atoms with Gasteiger partial charge in [-0.15, -0.1) is 0 Å². The van der Waals surface area contributed by atoms with Crippen LogP contribution in [0.4, 0.5) is 0 Å². The number of rotatable bonds is 6. The highest BCUT2D eigenvalue weighted by atomic mass is 16.6. The van der Waals surface area contributed by atoms with Crippen LogP contribution in [-0.2, 0) is 16.1 Å². The van der Waals surface area contributed by atoms with Crippen LogP contribution in [0.15, 0.2) is 45.1 Å². The van der Waals surface area contributed by atoms with Crippen LogP contribution in [0, 0.1) is 11.8 Å². The van der Waals surface area contributed by atoms with Crippen molar-refractivity contribution >= 4 is 5.71 Å². The molecule has 0 bridgehead atoms. The van der Waals surface area contributed by atoms with Crippen molar-refractivity contribution in [2.24, 2.45) is 17.0 Å². The molecule has 0 unspecified atom stereocenters. The zero-order valence-corrected chi connectivity index (χ0v) is 18.6. The highest BCUT2D eigenvalue weighted by Gasteiger charge is 2.61. The number of aliphatic hydroxyl groups is 1. The molecule has 6 atom stereocenters. The Hall–Kier alpha value is -2.65. The van der Waals surface area contributed by atoms with E-state index in [0.717, 1.165) is 11.3 Å². The van der Waals surface area contributed by atoms with Crippen molar-refractivity contribution < 1.29 is 14.7 Å². The fourth-order valence-corrected chi connectivity index (χ4v) is 5.23. The summed E-state index contributed by atoms with van der Waals surface area (Å²) in [6, 6.07) is 8.60. The van der Waals surface area contributed by atoms with Crippen LogP contribution in [-0.4, -0.2) is 49.7 Å². The van der Waals surface area contributed by atoms with Gasteiger partial charge in [-0.2, -0.15) is 0 Å². The number of nitrogens with zero attached hydrogens (tertiary/aromatic N) is 4. The number of aromatic nitrogens is 3. The van der Waals surface area contributed by atoms with Crippen LogP contribution < -0.4 is 11.4 Å². The maximum Gasteiger partial charge on any atom is 0.348 e. The zero-order chi connectivity index (χ0) is 22.6. The first-order chi connectivity index (χ1) is 15.4. The van der Waals surface area contributed by atoms with Gasteiger partial charge in [-0.25, -0.2) is 23.5 Å². The molecule has 1 aliphatic carbocycles. The highest BCUT2D eigenvalue weighted by molar-refractivity contribution is 5.94. The summed E-state index contributed by atoms with van der Waals surface area (Å²) in [6.45, 7) is 6.91. The van der Waals surface area contributed by atoms with Crippen molar-refractivity contribution in [1.82, 2.24) is 13.9 Å². The summed E-state index contributed by atoms with van der Waals surface area (Å²) in [5.41, 5.74) is 0.901. The molecule has 32 heavy (non-hydrogen) atoms. The van der Waals surface area contributed by atoms with Crippen LogP contribution in [0.25, 0.3) is 0 Å². The monoisotopic (exact) mass is 442 g/mol. The second kappa shape index (κ2) is 8.04. The van der Waals surface area contributed by atoms with E-state index in [9.17, 15) is 14.7 Å². The first kappa shape index (κ1) is 21.2. The van der Waals surface area contributed by atoms with E-state index >= 15 is 0 Å². The lowest BCUT2D eigenvalue weighted by Gasteiger charge is -2.38. The number of benzene rings is 1. The van der Waals surface area contributed by atoms with E-state index in [2.05, 4.69) is 5.16 Å². The lowest BCUT2D eigenvalue weighted by atomic mass is 9.78. The van der Waals surface area contributed by atoms with E-state index < -0.39 is 23.9 Å². The molecule has 2 aromatic rings. The minimum atomic E-state index is -0.884. The van der Waals surface area contributed by atoms with Crippen molar-refractivity contribution in [3.63, 3.8) is 0 Å². The number of oxime groups is 1. The number of epoxide rings is 1. The summed E-state index contributed by atoms with van der Waals surface area (Å²) in [7, 11) is 0. The Morgan fingerprint density at radius 1 is 1.22 bits per heavy atom. The number of hydrogen-bond donors (Lipinski definition) is 1. The molecule has 2 fully saturated rings. The Morgan fingerprint density at radius 2 is 1.97 bits per heavy atom. The van der Waals surface area contributed by atoms with E-state index in [1.165, 1.54) is 13.9 Å². The second-order valence-corrected chi connectivity index (χ2v) is 9.34. The molecule has 1 aromatic heterocycles. The summed E-state index contributed by atoms with van der Waals surface area (Å²) in [5.74, 6) is 0.114. The third-order valence-corrected chi connectivity index (χ3v) is 6.78. The number of aliphatic hydroxyl groups excluding tert-OH is 1. The quantitative estimate of drug-likeness (QED) is 0.540. The molecule has 0 amide bonds. The van der Waals surface area contributed by atoms with Crippen LogP contribution in [0.3, 0.4) is 0 Å². The first-order valence-electron chi connectivity index (χ1n) is 11.5. The summed E-state index contributed by atoms with van der Waals surface area (Å²) < 4.78 is 9.97. The number of fused-ring (bicyclic) bond motifs is 4. The third-order valence-electron chi connectivity index (χ3n) is 6.78. The summed E-state index contributed by atoms with van der Waals surface area (Å²) in [5, 5.41) is 15.4. The molecule has 5 rings (SSSR count). The van der Waals surface area contributed by atoms with Crippen molar-refractivity contribution in [2.75, 3.05) is 6.61 Å². The number of ether oxygens (including phenoxy) is 1. The van der Waals surface area contributed by atoms with Gasteiger partial charge in [-0.05, 0) is 24.3 Å². The van der Waals surface area contributed by atoms with Crippen LogP contribution in [0.1, 0.15) is 51.3 Å². The van der Waals surface area contributed by atoms with E-state index in [4.69, 9.17) is 9.57 Å². The summed E-state index contributed by atoms with van der Waals surface area (Å²) in [6.07, 6.45) is -0.397. The van der Waals surface area contributed by atoms with Crippen molar-refractivity contribution in [1.29, 1.82) is 0 Å². The van der Waals surface area contributed by atoms with Gasteiger partial charge < -0.3 is 14.7 Å².